The topological polar surface area (TPSA) is 64.0 Å². The van der Waals surface area contributed by atoms with Crippen LogP contribution in [0.5, 0.6) is 0 Å². The van der Waals surface area contributed by atoms with E-state index in [0.29, 0.717) is 16.4 Å². The number of anilines is 1. The molecule has 0 atom stereocenters. The van der Waals surface area contributed by atoms with Gasteiger partial charge in [0.25, 0.3) is 10.0 Å². The summed E-state index contributed by atoms with van der Waals surface area (Å²) in [6.07, 6.45) is 1.55. The molecule has 130 valence electrons. The molecule has 1 N–H and O–H groups in total. The minimum atomic E-state index is -3.85. The first-order valence-corrected chi connectivity index (χ1v) is 9.66. The normalized spacial score (nSPS) is 11.7. The van der Waals surface area contributed by atoms with Crippen LogP contribution >= 0.6 is 11.6 Å². The van der Waals surface area contributed by atoms with Gasteiger partial charge in [0.15, 0.2) is 0 Å². The van der Waals surface area contributed by atoms with Gasteiger partial charge in [0.2, 0.25) is 0 Å². The number of aromatic nitrogens is 2. The molecule has 2 aromatic carbocycles. The Morgan fingerprint density at radius 3 is 2.32 bits per heavy atom. The van der Waals surface area contributed by atoms with Crippen molar-refractivity contribution in [2.75, 3.05) is 4.72 Å². The van der Waals surface area contributed by atoms with Crippen LogP contribution in [-0.4, -0.2) is 18.2 Å². The number of para-hydroxylation sites is 1. The highest BCUT2D eigenvalue weighted by Crippen LogP contribution is 2.30. The summed E-state index contributed by atoms with van der Waals surface area (Å²) in [6.45, 7) is 3.89. The molecular weight excluding hydrogens is 358 g/mol. The zero-order chi connectivity index (χ0) is 18.0. The van der Waals surface area contributed by atoms with E-state index in [4.69, 9.17) is 11.6 Å². The number of benzene rings is 2. The molecule has 0 amide bonds. The number of rotatable bonds is 5. The van der Waals surface area contributed by atoms with Crippen molar-refractivity contribution in [1.82, 2.24) is 9.78 Å². The summed E-state index contributed by atoms with van der Waals surface area (Å²) in [4.78, 5) is 0.118. The summed E-state index contributed by atoms with van der Waals surface area (Å²) in [5, 5.41) is 4.81. The third-order valence-corrected chi connectivity index (χ3v) is 5.38. The largest absolute Gasteiger partial charge is 0.278 e. The molecule has 1 heterocycles. The summed E-state index contributed by atoms with van der Waals surface area (Å²) in [5.74, 6) is 0. The van der Waals surface area contributed by atoms with Crippen LogP contribution in [0.2, 0.25) is 5.02 Å². The Balaban J connectivity index is 2.10. The van der Waals surface area contributed by atoms with Crippen LogP contribution in [0.4, 0.5) is 5.69 Å². The van der Waals surface area contributed by atoms with Gasteiger partial charge in [-0.05, 0) is 26.0 Å². The number of nitrogens with one attached hydrogen (secondary N) is 1. The van der Waals surface area contributed by atoms with Gasteiger partial charge in [-0.25, -0.2) is 8.42 Å². The van der Waals surface area contributed by atoms with Gasteiger partial charge in [-0.3, -0.25) is 9.40 Å². The zero-order valence-corrected chi connectivity index (χ0v) is 15.4. The first-order valence-electron chi connectivity index (χ1n) is 7.80. The van der Waals surface area contributed by atoms with Crippen molar-refractivity contribution in [3.05, 3.63) is 65.8 Å². The molecule has 0 aliphatic carbocycles. The van der Waals surface area contributed by atoms with Gasteiger partial charge in [0, 0.05) is 17.8 Å². The van der Waals surface area contributed by atoms with Gasteiger partial charge in [0.05, 0.1) is 10.7 Å². The van der Waals surface area contributed by atoms with Crippen LogP contribution in [0.1, 0.15) is 19.9 Å². The summed E-state index contributed by atoms with van der Waals surface area (Å²) in [6, 6.07) is 16.0. The zero-order valence-electron chi connectivity index (χ0n) is 13.8. The summed E-state index contributed by atoms with van der Waals surface area (Å²) in [5.41, 5.74) is 1.48. The number of halogens is 1. The van der Waals surface area contributed by atoms with E-state index in [0.717, 1.165) is 5.56 Å². The van der Waals surface area contributed by atoms with Gasteiger partial charge in [0.1, 0.15) is 10.6 Å². The maximum absolute atomic E-state index is 13.0. The molecule has 0 saturated carbocycles. The minimum Gasteiger partial charge on any atom is -0.278 e. The second kappa shape index (κ2) is 6.90. The first-order chi connectivity index (χ1) is 11.9. The Hall–Kier alpha value is -2.31. The fraction of sp³-hybridized carbons (Fsp3) is 0.167. The number of hydrogen-bond donors (Lipinski definition) is 1. The van der Waals surface area contributed by atoms with Gasteiger partial charge >= 0.3 is 0 Å². The molecule has 25 heavy (non-hydrogen) atoms. The van der Waals surface area contributed by atoms with Crippen LogP contribution in [0, 0.1) is 0 Å². The SMILES string of the molecule is CC(C)n1cc(S(=O)(=O)Nc2ccccc2Cl)c(-c2ccccc2)n1. The third kappa shape index (κ3) is 3.70. The quantitative estimate of drug-likeness (QED) is 0.709. The van der Waals surface area contributed by atoms with Crippen molar-refractivity contribution >= 4 is 27.3 Å². The maximum Gasteiger partial charge on any atom is 0.265 e. The fourth-order valence-corrected chi connectivity index (χ4v) is 3.85. The average molecular weight is 376 g/mol. The smallest absolute Gasteiger partial charge is 0.265 e. The molecule has 0 aliphatic rings. The van der Waals surface area contributed by atoms with Gasteiger partial charge in [-0.1, -0.05) is 54.1 Å². The van der Waals surface area contributed by atoms with Crippen molar-refractivity contribution in [2.24, 2.45) is 0 Å². The molecule has 0 unspecified atom stereocenters. The lowest BCUT2D eigenvalue weighted by Gasteiger charge is -2.09. The van der Waals surface area contributed by atoms with E-state index in [1.54, 1.807) is 35.1 Å². The minimum absolute atomic E-state index is 0.0340. The molecule has 7 heteroatoms. The van der Waals surface area contributed by atoms with Crippen LogP contribution in [0.15, 0.2) is 65.7 Å². The standard InChI is InChI=1S/C18H18ClN3O2S/c1-13(2)22-12-17(18(20-22)14-8-4-3-5-9-14)25(23,24)21-16-11-7-6-10-15(16)19/h3-13,21H,1-2H3. The van der Waals surface area contributed by atoms with E-state index < -0.39 is 10.0 Å². The van der Waals surface area contributed by atoms with E-state index in [2.05, 4.69) is 9.82 Å². The fourth-order valence-electron chi connectivity index (χ4n) is 2.38. The molecular formula is C18H18ClN3O2S. The average Bonchev–Trinajstić information content (AvgIpc) is 3.04. The van der Waals surface area contributed by atoms with E-state index in [-0.39, 0.29) is 10.9 Å². The Labute approximate surface area is 152 Å². The predicted octanol–water partition coefficient (Wildman–Crippen LogP) is 4.59. The summed E-state index contributed by atoms with van der Waals surface area (Å²) in [7, 11) is -3.85. The van der Waals surface area contributed by atoms with Crippen molar-refractivity contribution in [3.63, 3.8) is 0 Å². The Kier molecular flexibility index (Phi) is 4.83. The highest BCUT2D eigenvalue weighted by atomic mass is 35.5. The highest BCUT2D eigenvalue weighted by molar-refractivity contribution is 7.92. The predicted molar refractivity (Wildman–Crippen MR) is 100 cm³/mol. The Bertz CT molecular complexity index is 983. The molecule has 1 aromatic heterocycles. The lowest BCUT2D eigenvalue weighted by atomic mass is 10.2. The van der Waals surface area contributed by atoms with Crippen LogP contribution in [0.25, 0.3) is 11.3 Å². The van der Waals surface area contributed by atoms with Gasteiger partial charge < -0.3 is 0 Å². The first kappa shape index (κ1) is 17.5. The second-order valence-electron chi connectivity index (χ2n) is 5.87. The molecule has 0 spiro atoms. The van der Waals surface area contributed by atoms with E-state index in [9.17, 15) is 8.42 Å². The van der Waals surface area contributed by atoms with E-state index in [1.807, 2.05) is 44.2 Å². The lowest BCUT2D eigenvalue weighted by molar-refractivity contribution is 0.532. The molecule has 0 radical (unpaired) electrons. The van der Waals surface area contributed by atoms with Crippen molar-refractivity contribution in [3.8, 4) is 11.3 Å². The van der Waals surface area contributed by atoms with Crippen molar-refractivity contribution in [1.29, 1.82) is 0 Å². The van der Waals surface area contributed by atoms with E-state index in [1.165, 1.54) is 0 Å². The molecule has 3 rings (SSSR count). The van der Waals surface area contributed by atoms with Gasteiger partial charge in [-0.2, -0.15) is 5.10 Å². The maximum atomic E-state index is 13.0. The highest BCUT2D eigenvalue weighted by Gasteiger charge is 2.25. The number of nitrogens with zero attached hydrogens (tertiary/aromatic N) is 2. The summed E-state index contributed by atoms with van der Waals surface area (Å²) >= 11 is 6.08. The molecule has 0 bridgehead atoms. The van der Waals surface area contributed by atoms with Crippen LogP contribution in [0.3, 0.4) is 0 Å². The lowest BCUT2D eigenvalue weighted by Crippen LogP contribution is -2.13. The molecule has 0 aliphatic heterocycles. The number of sulfonamides is 1. The van der Waals surface area contributed by atoms with Crippen LogP contribution in [-0.2, 0) is 10.0 Å². The summed E-state index contributed by atoms with van der Waals surface area (Å²) < 4.78 is 30.1. The van der Waals surface area contributed by atoms with Gasteiger partial charge in [-0.15, -0.1) is 0 Å². The molecule has 0 fully saturated rings. The molecule has 3 aromatic rings. The van der Waals surface area contributed by atoms with Crippen molar-refractivity contribution in [2.45, 2.75) is 24.8 Å². The third-order valence-electron chi connectivity index (χ3n) is 3.68. The Morgan fingerprint density at radius 1 is 1.04 bits per heavy atom. The molecule has 5 nitrogen and oxygen atoms in total. The number of hydrogen-bond acceptors (Lipinski definition) is 3. The molecule has 0 saturated heterocycles. The Morgan fingerprint density at radius 2 is 1.68 bits per heavy atom. The van der Waals surface area contributed by atoms with Crippen LogP contribution < -0.4 is 4.72 Å². The van der Waals surface area contributed by atoms with Crippen molar-refractivity contribution < 1.29 is 8.42 Å². The van der Waals surface area contributed by atoms with E-state index >= 15 is 0 Å². The monoisotopic (exact) mass is 375 g/mol. The second-order valence-corrected chi connectivity index (χ2v) is 7.93.